The van der Waals surface area contributed by atoms with Crippen molar-refractivity contribution >= 4 is 81.4 Å². The number of hydrogen-bond acceptors (Lipinski definition) is 5. The van der Waals surface area contributed by atoms with Crippen molar-refractivity contribution in [1.82, 2.24) is 10.2 Å². The summed E-state index contributed by atoms with van der Waals surface area (Å²) in [6.07, 6.45) is -0.868. The number of nitrogens with one attached hydrogen (secondary N) is 1. The van der Waals surface area contributed by atoms with Crippen LogP contribution in [0.3, 0.4) is 0 Å². The molecule has 1 fully saturated rings. The minimum atomic E-state index is -2.83. The number of piperidine rings is 1. The first kappa shape index (κ1) is 19.7. The summed E-state index contributed by atoms with van der Waals surface area (Å²) >= 11 is 0. The smallest absolute Gasteiger partial charge is 0.253 e. The highest BCUT2D eigenvalue weighted by Crippen LogP contribution is 2.44. The molecule has 2 heterocycles. The number of benzene rings is 1. The molecule has 2 atom stereocenters. The first-order chi connectivity index (χ1) is 12.2. The Hall–Kier alpha value is -2.09. The zero-order valence-electron chi connectivity index (χ0n) is 13.7. The molecular weight excluding hydrogens is 346 g/mol. The van der Waals surface area contributed by atoms with E-state index in [1.54, 1.807) is 0 Å². The lowest BCUT2D eigenvalue weighted by Gasteiger charge is -2.55. The van der Waals surface area contributed by atoms with Crippen molar-refractivity contribution in [3.05, 3.63) is 16.9 Å². The van der Waals surface area contributed by atoms with Crippen LogP contribution in [0.2, 0.25) is 0 Å². The summed E-state index contributed by atoms with van der Waals surface area (Å²) in [5, 5.41) is 9.83. The summed E-state index contributed by atoms with van der Waals surface area (Å²) in [6, 6.07) is 0. The molecule has 2 aliphatic heterocycles. The fraction of sp³-hybridized carbons (Fsp3) is 0.308. The number of fused-ring (bicyclic) bond motifs is 1. The van der Waals surface area contributed by atoms with Crippen LogP contribution >= 0.6 is 0 Å². The van der Waals surface area contributed by atoms with E-state index in [-0.39, 0.29) is 0 Å². The summed E-state index contributed by atoms with van der Waals surface area (Å²) in [5.41, 5.74) is -2.72. The largest absolute Gasteiger partial charge is 0.399 e. The quantitative estimate of drug-likeness (QED) is 0.266. The number of carbonyl (C=O) groups excluding carboxylic acids is 3. The van der Waals surface area contributed by atoms with Gasteiger partial charge >= 0.3 is 0 Å². The Morgan fingerprint density at radius 3 is 2.19 bits per heavy atom. The van der Waals surface area contributed by atoms with Gasteiger partial charge in [-0.15, -0.1) is 0 Å². The molecule has 2 unspecified atom stereocenters. The van der Waals surface area contributed by atoms with E-state index >= 15 is 0 Å². The number of amides is 3. The Labute approximate surface area is 161 Å². The third kappa shape index (κ3) is 2.22. The number of imide groups is 1. The second-order valence-corrected chi connectivity index (χ2v) is 6.52. The van der Waals surface area contributed by atoms with Crippen LogP contribution in [0.5, 0.6) is 0 Å². The van der Waals surface area contributed by atoms with Crippen LogP contribution in [0.4, 0.5) is 10.1 Å². The van der Waals surface area contributed by atoms with Crippen molar-refractivity contribution in [2.75, 3.05) is 5.73 Å². The highest BCUT2D eigenvalue weighted by molar-refractivity contribution is 6.51. The van der Waals surface area contributed by atoms with E-state index in [0.29, 0.717) is 4.90 Å². The molecule has 3 amide bonds. The Kier molecular flexibility index (Phi) is 3.98. The minimum absolute atomic E-state index is 0.304. The molecule has 0 bridgehead atoms. The molecule has 4 N–H and O–H groups in total. The molecule has 3 rings (SSSR count). The van der Waals surface area contributed by atoms with Crippen molar-refractivity contribution in [1.29, 1.82) is 0 Å². The zero-order chi connectivity index (χ0) is 20.7. The first-order valence-electron chi connectivity index (χ1n) is 7.42. The maximum atomic E-state index is 14.2. The summed E-state index contributed by atoms with van der Waals surface area (Å²) in [4.78, 5) is 37.3. The van der Waals surface area contributed by atoms with E-state index in [0.717, 1.165) is 0 Å². The predicted octanol–water partition coefficient (Wildman–Crippen LogP) is -5.33. The Morgan fingerprint density at radius 2 is 1.67 bits per heavy atom. The lowest BCUT2D eigenvalue weighted by Crippen LogP contribution is -2.79. The molecule has 0 saturated carbocycles. The van der Waals surface area contributed by atoms with Gasteiger partial charge in [0.15, 0.2) is 0 Å². The number of carbonyl (C=O) groups is 3. The molecule has 122 valence electrons. The van der Waals surface area contributed by atoms with Crippen LogP contribution < -0.4 is 22.0 Å². The second-order valence-electron chi connectivity index (χ2n) is 6.52. The molecule has 27 heavy (non-hydrogen) atoms. The van der Waals surface area contributed by atoms with Gasteiger partial charge in [-0.05, 0) is 21.8 Å². The number of aliphatic hydroxyl groups is 1. The average Bonchev–Trinajstić information content (AvgIpc) is 2.74. The fourth-order valence-corrected chi connectivity index (χ4v) is 3.40. The maximum absolute atomic E-state index is 14.2. The average molecular weight is 352 g/mol. The van der Waals surface area contributed by atoms with Crippen molar-refractivity contribution in [3.8, 4) is 0 Å². The van der Waals surface area contributed by atoms with Crippen LogP contribution in [0.25, 0.3) is 0 Å². The van der Waals surface area contributed by atoms with Gasteiger partial charge in [0.05, 0.1) is 26.6 Å². The van der Waals surface area contributed by atoms with E-state index in [9.17, 15) is 23.9 Å². The van der Waals surface area contributed by atoms with Crippen LogP contribution in [0.1, 0.15) is 22.3 Å². The van der Waals surface area contributed by atoms with E-state index in [1.807, 2.05) is 5.32 Å². The monoisotopic (exact) mass is 353 g/mol. The Morgan fingerprint density at radius 1 is 1.11 bits per heavy atom. The van der Waals surface area contributed by atoms with Crippen molar-refractivity contribution in [2.45, 2.75) is 22.7 Å². The molecule has 1 aromatic rings. The molecule has 0 aromatic heterocycles. The number of nitrogens with two attached hydrogens (primary N) is 1. The number of halogens is 1. The Balaban J connectivity index is 2.32. The van der Waals surface area contributed by atoms with Crippen molar-refractivity contribution in [2.24, 2.45) is 0 Å². The minimum Gasteiger partial charge on any atom is -0.399 e. The van der Waals surface area contributed by atoms with E-state index in [2.05, 4.69) is 0 Å². The number of nitrogens with zero attached hydrogens (tertiary/aromatic N) is 1. The van der Waals surface area contributed by atoms with Gasteiger partial charge in [-0.1, -0.05) is 0 Å². The molecule has 1 saturated heterocycles. The molecule has 14 heteroatoms. The third-order valence-electron chi connectivity index (χ3n) is 4.78. The van der Waals surface area contributed by atoms with Gasteiger partial charge in [0.1, 0.15) is 37.2 Å². The summed E-state index contributed by atoms with van der Waals surface area (Å²) in [6.45, 7) is 0. The van der Waals surface area contributed by atoms with Crippen LogP contribution in [-0.4, -0.2) is 85.7 Å². The number of rotatable bonds is 1. The normalized spacial score (nSPS) is 29.6. The predicted molar refractivity (Wildman–Crippen MR) is 97.9 cm³/mol. The summed E-state index contributed by atoms with van der Waals surface area (Å²) < 4.78 is 14.2. The van der Waals surface area contributed by atoms with Gasteiger partial charge in [-0.3, -0.25) is 19.7 Å². The van der Waals surface area contributed by atoms with Gasteiger partial charge in [-0.25, -0.2) is 4.39 Å². The van der Waals surface area contributed by atoms with Crippen LogP contribution in [-0.2, 0) is 14.9 Å². The van der Waals surface area contributed by atoms with Gasteiger partial charge in [-0.2, -0.15) is 0 Å². The lowest BCUT2D eigenvalue weighted by atomic mass is 9.48. The van der Waals surface area contributed by atoms with Crippen molar-refractivity contribution < 1.29 is 23.9 Å². The van der Waals surface area contributed by atoms with Crippen LogP contribution in [0.15, 0.2) is 0 Å². The highest BCUT2D eigenvalue weighted by atomic mass is 19.1. The summed E-state index contributed by atoms with van der Waals surface area (Å²) in [5.74, 6) is -4.76. The Bertz CT molecular complexity index is 939. The third-order valence-corrected chi connectivity index (χ3v) is 4.78. The SMILES string of the molecule is [B]c1c(N)c2c(c([B])c1F)C(=O)N(C1([B])C(=O)NC(=O)CC1([B])O)C2([B])[B]. The molecule has 1 aromatic carbocycles. The lowest BCUT2D eigenvalue weighted by molar-refractivity contribution is -0.150. The van der Waals surface area contributed by atoms with Gasteiger partial charge < -0.3 is 15.7 Å². The van der Waals surface area contributed by atoms with Gasteiger partial charge in [0, 0.05) is 17.7 Å². The first-order valence-corrected chi connectivity index (χ1v) is 7.42. The fourth-order valence-electron chi connectivity index (χ4n) is 3.40. The highest BCUT2D eigenvalue weighted by Gasteiger charge is 2.63. The molecule has 7 nitrogen and oxygen atoms in total. The second kappa shape index (κ2) is 5.47. The van der Waals surface area contributed by atoms with Crippen molar-refractivity contribution in [3.63, 3.8) is 0 Å². The standard InChI is InChI=1S/C13H6B6FN3O4/c14-5-3-4(8(21)6(15)7(5)20)13(18,19)23(9(3)25)12(17)10(26)22-2(24)1-11(12,16)27/h27H,1,21H2,(H,22,24,26). The molecular formula is C13H6B6FN3O4. The van der Waals surface area contributed by atoms with Gasteiger partial charge in [0.25, 0.3) is 5.91 Å². The van der Waals surface area contributed by atoms with E-state index in [4.69, 9.17) is 52.8 Å². The van der Waals surface area contributed by atoms with Crippen LogP contribution in [0, 0.1) is 5.82 Å². The number of hydrogen-bond donors (Lipinski definition) is 3. The zero-order valence-corrected chi connectivity index (χ0v) is 13.7. The van der Waals surface area contributed by atoms with E-state index < -0.39 is 74.0 Å². The molecule has 2 aliphatic rings. The maximum Gasteiger partial charge on any atom is 0.253 e. The number of nitrogen functional groups attached to an aromatic ring is 1. The van der Waals surface area contributed by atoms with Gasteiger partial charge in [0.2, 0.25) is 11.8 Å². The van der Waals surface area contributed by atoms with E-state index in [1.165, 1.54) is 0 Å². The number of anilines is 1. The molecule has 12 radical (unpaired) electrons. The topological polar surface area (TPSA) is 113 Å². The molecule has 0 spiro atoms. The molecule has 0 aliphatic carbocycles. The summed E-state index contributed by atoms with van der Waals surface area (Å²) in [7, 11) is 34.8.